The highest BCUT2D eigenvalue weighted by atomic mass is 19.1. The van der Waals surface area contributed by atoms with Crippen molar-refractivity contribution in [3.63, 3.8) is 0 Å². The number of amides is 2. The molecule has 0 aliphatic carbocycles. The molecule has 1 N–H and O–H groups in total. The first-order valence-electron chi connectivity index (χ1n) is 7.75. The zero-order valence-corrected chi connectivity index (χ0v) is 13.0. The fourth-order valence-electron chi connectivity index (χ4n) is 2.48. The summed E-state index contributed by atoms with van der Waals surface area (Å²) in [5, 5.41) is 14.1. The lowest BCUT2D eigenvalue weighted by molar-refractivity contribution is -0.127. The van der Waals surface area contributed by atoms with Gasteiger partial charge in [0, 0.05) is 26.1 Å². The van der Waals surface area contributed by atoms with Crippen LogP contribution in [0.15, 0.2) is 24.3 Å². The molecule has 2 aromatic rings. The van der Waals surface area contributed by atoms with Crippen LogP contribution in [0, 0.1) is 5.82 Å². The number of halogens is 1. The van der Waals surface area contributed by atoms with Crippen LogP contribution in [0.5, 0.6) is 0 Å². The van der Waals surface area contributed by atoms with E-state index in [1.165, 1.54) is 24.3 Å². The van der Waals surface area contributed by atoms with Gasteiger partial charge in [-0.1, -0.05) is 0 Å². The first kappa shape index (κ1) is 16.0. The van der Waals surface area contributed by atoms with Crippen LogP contribution in [-0.2, 0) is 4.79 Å². The maximum absolute atomic E-state index is 12.9. The Bertz CT molecular complexity index is 730. The fourth-order valence-corrected chi connectivity index (χ4v) is 2.48. The van der Waals surface area contributed by atoms with Crippen molar-refractivity contribution < 1.29 is 14.0 Å². The first-order valence-corrected chi connectivity index (χ1v) is 7.75. The smallest absolute Gasteiger partial charge is 0.292 e. The van der Waals surface area contributed by atoms with Gasteiger partial charge in [0.15, 0.2) is 0 Å². The van der Waals surface area contributed by atoms with E-state index < -0.39 is 5.91 Å². The fraction of sp³-hybridized carbons (Fsp3) is 0.400. The largest absolute Gasteiger partial charge is 0.349 e. The van der Waals surface area contributed by atoms with Gasteiger partial charge < -0.3 is 10.2 Å². The predicted octanol–water partition coefficient (Wildman–Crippen LogP) is 0.544. The summed E-state index contributed by atoms with van der Waals surface area (Å²) >= 11 is 0. The Morgan fingerprint density at radius 3 is 2.79 bits per heavy atom. The second kappa shape index (κ2) is 7.16. The summed E-state index contributed by atoms with van der Waals surface area (Å²) in [6, 6.07) is 5.54. The monoisotopic (exact) mass is 332 g/mol. The van der Waals surface area contributed by atoms with Crippen LogP contribution in [0.2, 0.25) is 0 Å². The maximum atomic E-state index is 12.9. The predicted molar refractivity (Wildman–Crippen MR) is 81.9 cm³/mol. The Morgan fingerprint density at radius 1 is 1.29 bits per heavy atom. The third kappa shape index (κ3) is 3.73. The molecule has 0 radical (unpaired) electrons. The number of tetrazole rings is 1. The number of rotatable bonds is 6. The van der Waals surface area contributed by atoms with Crippen LogP contribution in [0.25, 0.3) is 5.69 Å². The highest BCUT2D eigenvalue weighted by molar-refractivity contribution is 5.90. The molecule has 0 spiro atoms. The van der Waals surface area contributed by atoms with E-state index in [2.05, 4.69) is 20.7 Å². The SMILES string of the molecule is O=C(NCCCN1CCCC1=O)c1nnn(-c2ccc(F)cc2)n1. The van der Waals surface area contributed by atoms with Gasteiger partial charge in [0.05, 0.1) is 5.69 Å². The quantitative estimate of drug-likeness (QED) is 0.780. The standard InChI is InChI=1S/C15H17FN6O2/c16-11-4-6-12(7-5-11)22-19-14(18-20-22)15(24)17-8-2-10-21-9-1-3-13(21)23/h4-7H,1-3,8-10H2,(H,17,24). The van der Waals surface area contributed by atoms with E-state index in [9.17, 15) is 14.0 Å². The molecule has 1 aliphatic heterocycles. The Morgan fingerprint density at radius 2 is 2.08 bits per heavy atom. The van der Waals surface area contributed by atoms with Crippen LogP contribution >= 0.6 is 0 Å². The third-order valence-corrected chi connectivity index (χ3v) is 3.74. The van der Waals surface area contributed by atoms with Crippen molar-refractivity contribution in [1.82, 2.24) is 30.4 Å². The second-order valence-corrected chi connectivity index (χ2v) is 5.47. The number of nitrogens with zero attached hydrogens (tertiary/aromatic N) is 5. The summed E-state index contributed by atoms with van der Waals surface area (Å²) in [7, 11) is 0. The van der Waals surface area contributed by atoms with E-state index in [0.29, 0.717) is 31.6 Å². The molecule has 1 saturated heterocycles. The zero-order valence-electron chi connectivity index (χ0n) is 13.0. The number of nitrogens with one attached hydrogen (secondary N) is 1. The summed E-state index contributed by atoms with van der Waals surface area (Å²) in [6.07, 6.45) is 2.19. The Balaban J connectivity index is 1.48. The molecule has 0 unspecified atom stereocenters. The molecule has 1 fully saturated rings. The maximum Gasteiger partial charge on any atom is 0.292 e. The van der Waals surface area contributed by atoms with Gasteiger partial charge in [-0.25, -0.2) is 4.39 Å². The summed E-state index contributed by atoms with van der Waals surface area (Å²) in [4.78, 5) is 26.4. The van der Waals surface area contributed by atoms with Gasteiger partial charge in [0.2, 0.25) is 5.91 Å². The van der Waals surface area contributed by atoms with Gasteiger partial charge in [-0.05, 0) is 42.3 Å². The normalized spacial score (nSPS) is 14.2. The minimum absolute atomic E-state index is 0.0587. The number of benzene rings is 1. The lowest BCUT2D eigenvalue weighted by Crippen LogP contribution is -2.31. The van der Waals surface area contributed by atoms with Crippen LogP contribution in [-0.4, -0.2) is 56.6 Å². The van der Waals surface area contributed by atoms with E-state index in [-0.39, 0.29) is 17.5 Å². The van der Waals surface area contributed by atoms with Gasteiger partial charge in [-0.3, -0.25) is 9.59 Å². The van der Waals surface area contributed by atoms with E-state index in [1.807, 2.05) is 0 Å². The van der Waals surface area contributed by atoms with Gasteiger partial charge in [-0.2, -0.15) is 0 Å². The Kier molecular flexibility index (Phi) is 4.78. The van der Waals surface area contributed by atoms with Crippen molar-refractivity contribution in [2.45, 2.75) is 19.3 Å². The van der Waals surface area contributed by atoms with E-state index in [4.69, 9.17) is 0 Å². The molecule has 0 bridgehead atoms. The van der Waals surface area contributed by atoms with Crippen molar-refractivity contribution >= 4 is 11.8 Å². The van der Waals surface area contributed by atoms with Gasteiger partial charge in [-0.15, -0.1) is 15.0 Å². The number of hydrogen-bond acceptors (Lipinski definition) is 5. The number of carbonyl (C=O) groups excluding carboxylic acids is 2. The van der Waals surface area contributed by atoms with Crippen molar-refractivity contribution in [1.29, 1.82) is 0 Å². The van der Waals surface area contributed by atoms with Gasteiger partial charge in [0.25, 0.3) is 11.7 Å². The molecule has 3 rings (SSSR count). The van der Waals surface area contributed by atoms with Crippen molar-refractivity contribution in [2.24, 2.45) is 0 Å². The Hall–Kier alpha value is -2.84. The van der Waals surface area contributed by atoms with Gasteiger partial charge >= 0.3 is 0 Å². The minimum Gasteiger partial charge on any atom is -0.349 e. The molecule has 0 atom stereocenters. The summed E-state index contributed by atoms with van der Waals surface area (Å²) in [5.74, 6) is -0.689. The molecule has 8 nitrogen and oxygen atoms in total. The van der Waals surface area contributed by atoms with E-state index in [1.54, 1.807) is 4.90 Å². The number of aromatic nitrogens is 4. The molecule has 9 heteroatoms. The number of hydrogen-bond donors (Lipinski definition) is 1. The van der Waals surface area contributed by atoms with E-state index in [0.717, 1.165) is 17.8 Å². The molecular weight excluding hydrogens is 315 g/mol. The van der Waals surface area contributed by atoms with Crippen LogP contribution in [0.1, 0.15) is 29.9 Å². The molecule has 126 valence electrons. The summed E-state index contributed by atoms with van der Waals surface area (Å²) in [6.45, 7) is 1.85. The molecule has 1 aromatic heterocycles. The molecule has 1 aliphatic rings. The second-order valence-electron chi connectivity index (χ2n) is 5.47. The summed E-state index contributed by atoms with van der Waals surface area (Å²) in [5.41, 5.74) is 0.510. The topological polar surface area (TPSA) is 93.0 Å². The zero-order chi connectivity index (χ0) is 16.9. The Labute approximate surface area is 137 Å². The lowest BCUT2D eigenvalue weighted by atomic mass is 10.3. The third-order valence-electron chi connectivity index (χ3n) is 3.74. The van der Waals surface area contributed by atoms with Crippen molar-refractivity contribution in [3.05, 3.63) is 35.9 Å². The molecular formula is C15H17FN6O2. The van der Waals surface area contributed by atoms with Crippen molar-refractivity contribution in [2.75, 3.05) is 19.6 Å². The molecule has 2 heterocycles. The molecule has 1 aromatic carbocycles. The van der Waals surface area contributed by atoms with Gasteiger partial charge in [0.1, 0.15) is 5.82 Å². The summed E-state index contributed by atoms with van der Waals surface area (Å²) < 4.78 is 12.9. The van der Waals surface area contributed by atoms with Crippen molar-refractivity contribution in [3.8, 4) is 5.69 Å². The van der Waals surface area contributed by atoms with Crippen LogP contribution < -0.4 is 5.32 Å². The number of likely N-dealkylation sites (tertiary alicyclic amines) is 1. The highest BCUT2D eigenvalue weighted by Crippen LogP contribution is 2.09. The van der Waals surface area contributed by atoms with E-state index >= 15 is 0 Å². The number of carbonyl (C=O) groups is 2. The molecule has 0 saturated carbocycles. The average molecular weight is 332 g/mol. The molecule has 24 heavy (non-hydrogen) atoms. The first-order chi connectivity index (χ1) is 11.6. The highest BCUT2D eigenvalue weighted by Gasteiger charge is 2.19. The lowest BCUT2D eigenvalue weighted by Gasteiger charge is -2.14. The van der Waals surface area contributed by atoms with Crippen LogP contribution in [0.4, 0.5) is 4.39 Å². The van der Waals surface area contributed by atoms with Crippen LogP contribution in [0.3, 0.4) is 0 Å². The minimum atomic E-state index is -0.434. The molecule has 2 amide bonds. The average Bonchev–Trinajstić information content (AvgIpc) is 3.22.